The largest absolute Gasteiger partial charge is 0.334 e. The topological polar surface area (TPSA) is 66.1 Å². The van der Waals surface area contributed by atoms with Gasteiger partial charge in [-0.25, -0.2) is 0 Å². The summed E-state index contributed by atoms with van der Waals surface area (Å²) in [6.07, 6.45) is 2.39. The predicted molar refractivity (Wildman–Crippen MR) is 77.1 cm³/mol. The molecule has 0 fully saturated rings. The highest BCUT2D eigenvalue weighted by Crippen LogP contribution is 2.22. The monoisotopic (exact) mass is 289 g/mol. The lowest BCUT2D eigenvalue weighted by molar-refractivity contribution is 0.0732. The van der Waals surface area contributed by atoms with Gasteiger partial charge in [-0.05, 0) is 43.4 Å². The van der Waals surface area contributed by atoms with Gasteiger partial charge in [0.25, 0.3) is 11.5 Å². The van der Waals surface area contributed by atoms with Crippen LogP contribution in [0.3, 0.4) is 0 Å². The van der Waals surface area contributed by atoms with Gasteiger partial charge in [-0.3, -0.25) is 9.59 Å². The van der Waals surface area contributed by atoms with Crippen molar-refractivity contribution >= 4 is 17.4 Å². The molecule has 1 N–H and O–H groups in total. The molecular weight excluding hydrogens is 274 g/mol. The zero-order valence-electron chi connectivity index (χ0n) is 11.4. The summed E-state index contributed by atoms with van der Waals surface area (Å²) in [5.74, 6) is -0.0253. The summed E-state index contributed by atoms with van der Waals surface area (Å²) in [4.78, 5) is 29.8. The van der Waals surface area contributed by atoms with Crippen LogP contribution in [0.15, 0.2) is 17.1 Å². The van der Waals surface area contributed by atoms with Crippen LogP contribution in [0.4, 0.5) is 0 Å². The van der Waals surface area contributed by atoms with Crippen molar-refractivity contribution in [3.8, 4) is 0 Å². The van der Waals surface area contributed by atoms with Gasteiger partial charge in [0.1, 0.15) is 0 Å². The van der Waals surface area contributed by atoms with Crippen LogP contribution < -0.4 is 5.56 Å². The molecule has 2 aromatic rings. The minimum atomic E-state index is -0.100. The highest BCUT2D eigenvalue weighted by Gasteiger charge is 2.26. The second-order valence-electron chi connectivity index (χ2n) is 4.99. The van der Waals surface area contributed by atoms with Crippen molar-refractivity contribution in [2.24, 2.45) is 0 Å². The Balaban J connectivity index is 1.93. The number of nitrogens with zero attached hydrogens (tertiary/aromatic N) is 2. The third kappa shape index (κ3) is 2.06. The van der Waals surface area contributed by atoms with Crippen LogP contribution >= 0.6 is 11.5 Å². The van der Waals surface area contributed by atoms with Gasteiger partial charge in [0.05, 0.1) is 17.8 Å². The third-order valence-corrected chi connectivity index (χ3v) is 4.54. The molecule has 1 aliphatic rings. The highest BCUT2D eigenvalue weighted by atomic mass is 32.1. The standard InChI is InChI=1S/C14H15N3O2S/c1-8-12(9(2)20-16-8)14(19)17-6-4-10-3-5-15-13(18)11(10)7-17/h3,5H,4,6-7H2,1-2H3,(H,15,18). The first-order valence-electron chi connectivity index (χ1n) is 6.49. The predicted octanol–water partition coefficient (Wildman–Crippen LogP) is 1.65. The zero-order valence-corrected chi connectivity index (χ0v) is 12.2. The number of fused-ring (bicyclic) bond motifs is 1. The van der Waals surface area contributed by atoms with Crippen LogP contribution in [0.2, 0.25) is 0 Å². The van der Waals surface area contributed by atoms with Crippen molar-refractivity contribution in [2.75, 3.05) is 6.54 Å². The number of carbonyl (C=O) groups excluding carboxylic acids is 1. The number of nitrogens with one attached hydrogen (secondary N) is 1. The van der Waals surface area contributed by atoms with Gasteiger partial charge in [-0.2, -0.15) is 4.37 Å². The van der Waals surface area contributed by atoms with Gasteiger partial charge in [-0.1, -0.05) is 0 Å². The number of hydrogen-bond acceptors (Lipinski definition) is 4. The fourth-order valence-electron chi connectivity index (χ4n) is 2.60. The Morgan fingerprint density at radius 2 is 2.25 bits per heavy atom. The fourth-order valence-corrected chi connectivity index (χ4v) is 3.30. The molecule has 0 saturated carbocycles. The molecule has 0 bridgehead atoms. The van der Waals surface area contributed by atoms with Crippen molar-refractivity contribution in [3.63, 3.8) is 0 Å². The van der Waals surface area contributed by atoms with Crippen LogP contribution in [0.1, 0.15) is 32.1 Å². The maximum atomic E-state index is 12.6. The first-order chi connectivity index (χ1) is 9.58. The molecule has 3 rings (SSSR count). The van der Waals surface area contributed by atoms with E-state index in [1.165, 1.54) is 11.5 Å². The molecule has 2 aromatic heterocycles. The summed E-state index contributed by atoms with van der Waals surface area (Å²) >= 11 is 1.35. The summed E-state index contributed by atoms with van der Waals surface area (Å²) in [5, 5.41) is 0. The molecule has 0 atom stereocenters. The molecule has 0 radical (unpaired) electrons. The minimum Gasteiger partial charge on any atom is -0.334 e. The summed E-state index contributed by atoms with van der Waals surface area (Å²) in [6, 6.07) is 1.92. The summed E-state index contributed by atoms with van der Waals surface area (Å²) < 4.78 is 4.22. The highest BCUT2D eigenvalue weighted by molar-refractivity contribution is 7.06. The third-order valence-electron chi connectivity index (χ3n) is 3.70. The summed E-state index contributed by atoms with van der Waals surface area (Å²) in [5.41, 5.74) is 3.09. The zero-order chi connectivity index (χ0) is 14.3. The Kier molecular flexibility index (Phi) is 3.17. The smallest absolute Gasteiger partial charge is 0.257 e. The molecule has 20 heavy (non-hydrogen) atoms. The number of pyridine rings is 1. The van der Waals surface area contributed by atoms with Crippen molar-refractivity contribution < 1.29 is 4.79 Å². The molecule has 0 aliphatic carbocycles. The van der Waals surface area contributed by atoms with E-state index in [2.05, 4.69) is 9.36 Å². The molecular formula is C14H15N3O2S. The lowest BCUT2D eigenvalue weighted by Crippen LogP contribution is -2.39. The lowest BCUT2D eigenvalue weighted by Gasteiger charge is -2.28. The van der Waals surface area contributed by atoms with E-state index in [0.29, 0.717) is 24.2 Å². The van der Waals surface area contributed by atoms with Gasteiger partial charge in [0.15, 0.2) is 0 Å². The molecule has 1 aliphatic heterocycles. The maximum absolute atomic E-state index is 12.6. The van der Waals surface area contributed by atoms with Gasteiger partial charge < -0.3 is 9.88 Å². The average Bonchev–Trinajstić information content (AvgIpc) is 2.78. The van der Waals surface area contributed by atoms with Gasteiger partial charge in [0, 0.05) is 23.2 Å². The lowest BCUT2D eigenvalue weighted by atomic mass is 10.0. The molecule has 0 aromatic carbocycles. The van der Waals surface area contributed by atoms with E-state index in [4.69, 9.17) is 0 Å². The fraction of sp³-hybridized carbons (Fsp3) is 0.357. The summed E-state index contributed by atoms with van der Waals surface area (Å²) in [6.45, 7) is 4.77. The van der Waals surface area contributed by atoms with Gasteiger partial charge in [0.2, 0.25) is 0 Å². The van der Waals surface area contributed by atoms with E-state index in [1.807, 2.05) is 19.9 Å². The number of H-pyrrole nitrogens is 1. The number of aryl methyl sites for hydroxylation is 2. The molecule has 5 nitrogen and oxygen atoms in total. The van der Waals surface area contributed by atoms with E-state index < -0.39 is 0 Å². The molecule has 0 spiro atoms. The minimum absolute atomic E-state index is 0.0253. The molecule has 0 saturated heterocycles. The SMILES string of the molecule is Cc1nsc(C)c1C(=O)N1CCc2cc[nH]c(=O)c2C1. The first-order valence-corrected chi connectivity index (χ1v) is 7.27. The van der Waals surface area contributed by atoms with Crippen molar-refractivity contribution in [1.29, 1.82) is 0 Å². The van der Waals surface area contributed by atoms with Crippen LogP contribution in [0, 0.1) is 13.8 Å². The van der Waals surface area contributed by atoms with E-state index in [-0.39, 0.29) is 11.5 Å². The normalized spacial score (nSPS) is 14.2. The maximum Gasteiger partial charge on any atom is 0.257 e. The Bertz CT molecular complexity index is 713. The van der Waals surface area contributed by atoms with E-state index in [9.17, 15) is 9.59 Å². The number of carbonyl (C=O) groups is 1. The molecule has 6 heteroatoms. The second-order valence-corrected chi connectivity index (χ2v) is 5.96. The van der Waals surface area contributed by atoms with Crippen LogP contribution in [-0.4, -0.2) is 26.7 Å². The van der Waals surface area contributed by atoms with Crippen LogP contribution in [0.25, 0.3) is 0 Å². The average molecular weight is 289 g/mol. The van der Waals surface area contributed by atoms with E-state index in [0.717, 1.165) is 22.6 Å². The Labute approximate surface area is 120 Å². The van der Waals surface area contributed by atoms with Crippen LogP contribution in [-0.2, 0) is 13.0 Å². The molecule has 104 valence electrons. The summed E-state index contributed by atoms with van der Waals surface area (Å²) in [7, 11) is 0. The van der Waals surface area contributed by atoms with Gasteiger partial charge >= 0.3 is 0 Å². The van der Waals surface area contributed by atoms with Gasteiger partial charge in [-0.15, -0.1) is 0 Å². The Hall–Kier alpha value is -1.95. The van der Waals surface area contributed by atoms with E-state index >= 15 is 0 Å². The number of amides is 1. The first kappa shape index (κ1) is 13.1. The quantitative estimate of drug-likeness (QED) is 0.868. The number of hydrogen-bond donors (Lipinski definition) is 1. The number of aromatic amines is 1. The van der Waals surface area contributed by atoms with E-state index in [1.54, 1.807) is 11.1 Å². The molecule has 0 unspecified atom stereocenters. The van der Waals surface area contributed by atoms with Crippen molar-refractivity contribution in [3.05, 3.63) is 49.9 Å². The molecule has 3 heterocycles. The Morgan fingerprint density at radius 3 is 2.95 bits per heavy atom. The van der Waals surface area contributed by atoms with Crippen molar-refractivity contribution in [1.82, 2.24) is 14.3 Å². The Morgan fingerprint density at radius 1 is 1.45 bits per heavy atom. The number of rotatable bonds is 1. The number of aromatic nitrogens is 2. The molecule has 1 amide bonds. The van der Waals surface area contributed by atoms with Crippen LogP contribution in [0.5, 0.6) is 0 Å². The second kappa shape index (κ2) is 4.86. The van der Waals surface area contributed by atoms with Crippen molar-refractivity contribution in [2.45, 2.75) is 26.8 Å².